The molecule has 1 aliphatic carbocycles. The maximum atomic E-state index is 12.1. The van der Waals surface area contributed by atoms with Crippen molar-refractivity contribution in [3.63, 3.8) is 0 Å². The number of fused-ring (bicyclic) bond motifs is 1. The van der Waals surface area contributed by atoms with E-state index in [4.69, 9.17) is 0 Å². The van der Waals surface area contributed by atoms with Crippen LogP contribution < -0.4 is 5.32 Å². The molecule has 0 saturated heterocycles. The second-order valence-electron chi connectivity index (χ2n) is 4.43. The van der Waals surface area contributed by atoms with Crippen LogP contribution in [0.4, 0.5) is 4.79 Å². The molecule has 1 N–H and O–H groups in total. The average Bonchev–Trinajstić information content (AvgIpc) is 2.78. The Hall–Kier alpha value is -2.10. The molecule has 0 radical (unpaired) electrons. The summed E-state index contributed by atoms with van der Waals surface area (Å²) in [7, 11) is 0. The van der Waals surface area contributed by atoms with Crippen molar-refractivity contribution in [3.8, 4) is 0 Å². The Morgan fingerprint density at radius 2 is 2.00 bits per heavy atom. The third-order valence-electron chi connectivity index (χ3n) is 3.41. The first kappa shape index (κ1) is 13.3. The van der Waals surface area contributed by atoms with Crippen LogP contribution in [0, 0.1) is 0 Å². The second kappa shape index (κ2) is 5.69. The monoisotopic (exact) mass is 258 g/mol. The summed E-state index contributed by atoms with van der Waals surface area (Å²) in [6, 6.07) is 7.33. The fourth-order valence-corrected chi connectivity index (χ4v) is 2.35. The number of carbonyl (C=O) groups is 2. The number of nitrogens with zero attached hydrogens (tertiary/aromatic N) is 1. The van der Waals surface area contributed by atoms with Gasteiger partial charge in [-0.15, -0.1) is 0 Å². The van der Waals surface area contributed by atoms with E-state index < -0.39 is 0 Å². The van der Waals surface area contributed by atoms with Gasteiger partial charge in [-0.3, -0.25) is 4.79 Å². The molecule has 2 amide bonds. The Balaban J connectivity index is 2.21. The first-order valence-corrected chi connectivity index (χ1v) is 6.53. The molecule has 0 aromatic heterocycles. The van der Waals surface area contributed by atoms with Crippen molar-refractivity contribution in [2.75, 3.05) is 13.1 Å². The van der Waals surface area contributed by atoms with E-state index in [-0.39, 0.29) is 12.1 Å². The summed E-state index contributed by atoms with van der Waals surface area (Å²) in [5.74, 6) is 0. The molecule has 19 heavy (non-hydrogen) atoms. The van der Waals surface area contributed by atoms with E-state index in [0.29, 0.717) is 18.7 Å². The van der Waals surface area contributed by atoms with E-state index in [1.165, 1.54) is 0 Å². The predicted molar refractivity (Wildman–Crippen MR) is 74.7 cm³/mol. The molecular formula is C15H18N2O2. The third-order valence-corrected chi connectivity index (χ3v) is 3.41. The number of nitrogens with one attached hydrogen (secondary N) is 1. The van der Waals surface area contributed by atoms with Gasteiger partial charge in [-0.25, -0.2) is 4.79 Å². The van der Waals surface area contributed by atoms with Crippen LogP contribution in [0.25, 0.3) is 5.57 Å². The maximum Gasteiger partial charge on any atom is 0.318 e. The standard InChI is InChI=1S/C15H18N2O2/c1-3-17(4-2)15(19)16-14-9-11(10-18)12-7-5-6-8-13(12)14/h5-10,14H,3-4H2,1-2H3,(H,16,19). The Labute approximate surface area is 113 Å². The first-order valence-electron chi connectivity index (χ1n) is 6.53. The number of urea groups is 1. The van der Waals surface area contributed by atoms with Crippen molar-refractivity contribution in [1.82, 2.24) is 10.2 Å². The van der Waals surface area contributed by atoms with Gasteiger partial charge < -0.3 is 10.2 Å². The molecule has 0 fully saturated rings. The molecule has 1 unspecified atom stereocenters. The van der Waals surface area contributed by atoms with Crippen molar-refractivity contribution >= 4 is 17.9 Å². The highest BCUT2D eigenvalue weighted by Crippen LogP contribution is 2.33. The van der Waals surface area contributed by atoms with Crippen molar-refractivity contribution in [2.24, 2.45) is 0 Å². The minimum Gasteiger partial charge on any atom is -0.328 e. The second-order valence-corrected chi connectivity index (χ2v) is 4.43. The van der Waals surface area contributed by atoms with E-state index in [0.717, 1.165) is 17.4 Å². The highest BCUT2D eigenvalue weighted by molar-refractivity contribution is 6.09. The summed E-state index contributed by atoms with van der Waals surface area (Å²) >= 11 is 0. The fraction of sp³-hybridized carbons (Fsp3) is 0.333. The van der Waals surface area contributed by atoms with Crippen LogP contribution in [0.15, 0.2) is 30.3 Å². The molecule has 1 aromatic carbocycles. The van der Waals surface area contributed by atoms with Gasteiger partial charge in [0.1, 0.15) is 6.29 Å². The molecule has 1 atom stereocenters. The number of amides is 2. The number of carbonyl (C=O) groups excluding carboxylic acids is 2. The zero-order valence-electron chi connectivity index (χ0n) is 11.2. The van der Waals surface area contributed by atoms with Gasteiger partial charge in [0.15, 0.2) is 0 Å². The number of benzene rings is 1. The fourth-order valence-electron chi connectivity index (χ4n) is 2.35. The molecule has 0 spiro atoms. The van der Waals surface area contributed by atoms with E-state index >= 15 is 0 Å². The van der Waals surface area contributed by atoms with Gasteiger partial charge in [0.2, 0.25) is 0 Å². The lowest BCUT2D eigenvalue weighted by molar-refractivity contribution is -0.103. The van der Waals surface area contributed by atoms with Gasteiger partial charge >= 0.3 is 6.03 Å². The highest BCUT2D eigenvalue weighted by atomic mass is 16.2. The van der Waals surface area contributed by atoms with Gasteiger partial charge in [0.05, 0.1) is 6.04 Å². The van der Waals surface area contributed by atoms with Crippen LogP contribution >= 0.6 is 0 Å². The highest BCUT2D eigenvalue weighted by Gasteiger charge is 2.24. The van der Waals surface area contributed by atoms with E-state index in [1.54, 1.807) is 11.0 Å². The third kappa shape index (κ3) is 2.52. The quantitative estimate of drug-likeness (QED) is 0.843. The molecule has 0 aliphatic heterocycles. The smallest absolute Gasteiger partial charge is 0.318 e. The van der Waals surface area contributed by atoms with Crippen LogP contribution in [0.3, 0.4) is 0 Å². The summed E-state index contributed by atoms with van der Waals surface area (Å²) < 4.78 is 0. The molecule has 2 rings (SSSR count). The summed E-state index contributed by atoms with van der Waals surface area (Å²) in [5.41, 5.74) is 2.52. The molecule has 4 heteroatoms. The first-order chi connectivity index (χ1) is 9.21. The van der Waals surface area contributed by atoms with Crippen LogP contribution in [-0.4, -0.2) is 30.3 Å². The molecule has 1 aromatic rings. The van der Waals surface area contributed by atoms with Crippen molar-refractivity contribution < 1.29 is 9.59 Å². The number of allylic oxidation sites excluding steroid dienone is 1. The topological polar surface area (TPSA) is 49.4 Å². The Bertz CT molecular complexity index is 519. The summed E-state index contributed by atoms with van der Waals surface area (Å²) in [6.07, 6.45) is 2.64. The maximum absolute atomic E-state index is 12.1. The Morgan fingerprint density at radius 1 is 1.32 bits per heavy atom. The zero-order valence-corrected chi connectivity index (χ0v) is 11.2. The molecule has 1 aliphatic rings. The lowest BCUT2D eigenvalue weighted by atomic mass is 10.1. The number of hydrogen-bond acceptors (Lipinski definition) is 2. The Morgan fingerprint density at radius 3 is 2.63 bits per heavy atom. The largest absolute Gasteiger partial charge is 0.328 e. The van der Waals surface area contributed by atoms with Gasteiger partial charge in [-0.1, -0.05) is 24.3 Å². The van der Waals surface area contributed by atoms with Crippen molar-refractivity contribution in [3.05, 3.63) is 41.5 Å². The number of aldehydes is 1. The molecule has 0 heterocycles. The van der Waals surface area contributed by atoms with Crippen LogP contribution in [0.2, 0.25) is 0 Å². The number of rotatable bonds is 4. The van der Waals surface area contributed by atoms with Gasteiger partial charge in [0, 0.05) is 18.7 Å². The van der Waals surface area contributed by atoms with Crippen LogP contribution in [0.5, 0.6) is 0 Å². The van der Waals surface area contributed by atoms with Crippen LogP contribution in [0.1, 0.15) is 31.0 Å². The molecule has 4 nitrogen and oxygen atoms in total. The predicted octanol–water partition coefficient (Wildman–Crippen LogP) is 2.38. The Kier molecular flexibility index (Phi) is 4.00. The molecule has 0 saturated carbocycles. The molecular weight excluding hydrogens is 240 g/mol. The van der Waals surface area contributed by atoms with E-state index in [1.807, 2.05) is 38.1 Å². The average molecular weight is 258 g/mol. The van der Waals surface area contributed by atoms with E-state index in [2.05, 4.69) is 5.32 Å². The van der Waals surface area contributed by atoms with Gasteiger partial charge in [-0.2, -0.15) is 0 Å². The van der Waals surface area contributed by atoms with Crippen LogP contribution in [-0.2, 0) is 4.79 Å². The summed E-state index contributed by atoms with van der Waals surface area (Å²) in [6.45, 7) is 5.22. The summed E-state index contributed by atoms with van der Waals surface area (Å²) in [5, 5.41) is 2.95. The van der Waals surface area contributed by atoms with Gasteiger partial charge in [-0.05, 0) is 31.1 Å². The minimum atomic E-state index is -0.218. The lowest BCUT2D eigenvalue weighted by Crippen LogP contribution is -2.40. The normalized spacial score (nSPS) is 16.5. The minimum absolute atomic E-state index is 0.104. The van der Waals surface area contributed by atoms with E-state index in [9.17, 15) is 9.59 Å². The van der Waals surface area contributed by atoms with Crippen molar-refractivity contribution in [2.45, 2.75) is 19.9 Å². The zero-order chi connectivity index (χ0) is 13.8. The lowest BCUT2D eigenvalue weighted by Gasteiger charge is -2.22. The van der Waals surface area contributed by atoms with Crippen molar-refractivity contribution in [1.29, 1.82) is 0 Å². The molecule has 100 valence electrons. The number of hydrogen-bond donors (Lipinski definition) is 1. The van der Waals surface area contributed by atoms with Gasteiger partial charge in [0.25, 0.3) is 0 Å². The SMILES string of the molecule is CCN(CC)C(=O)NC1C=C(C=O)c2ccccc21. The molecule has 0 bridgehead atoms. The summed E-state index contributed by atoms with van der Waals surface area (Å²) in [4.78, 5) is 24.8.